The monoisotopic (exact) mass is 229 g/mol. The van der Waals surface area contributed by atoms with Crippen LogP contribution in [0.1, 0.15) is 33.1 Å². The van der Waals surface area contributed by atoms with Crippen molar-refractivity contribution in [2.75, 3.05) is 26.2 Å². The highest BCUT2D eigenvalue weighted by atomic mass is 16.5. The van der Waals surface area contributed by atoms with Gasteiger partial charge in [0.25, 0.3) is 0 Å². The Labute approximate surface area is 97.6 Å². The molecular weight excluding hydrogens is 206 g/mol. The van der Waals surface area contributed by atoms with Crippen LogP contribution in [-0.4, -0.2) is 48.3 Å². The van der Waals surface area contributed by atoms with E-state index >= 15 is 0 Å². The molecule has 94 valence electrons. The third kappa shape index (κ3) is 4.49. The standard InChI is InChI=1S/C12H23NO3/c1-3-16-11(12(14)15)9-13-7-4-5-10(2)6-8-13/h10-11H,3-9H2,1-2H3,(H,14,15). The van der Waals surface area contributed by atoms with Crippen molar-refractivity contribution in [2.45, 2.75) is 39.2 Å². The molecule has 1 N–H and O–H groups in total. The molecule has 1 aliphatic heterocycles. The van der Waals surface area contributed by atoms with E-state index in [9.17, 15) is 4.79 Å². The third-order valence-electron chi connectivity index (χ3n) is 3.18. The van der Waals surface area contributed by atoms with Crippen molar-refractivity contribution in [1.82, 2.24) is 4.90 Å². The fourth-order valence-electron chi connectivity index (χ4n) is 2.14. The summed E-state index contributed by atoms with van der Waals surface area (Å²) in [5.74, 6) is -0.0838. The van der Waals surface area contributed by atoms with E-state index in [0.717, 1.165) is 19.0 Å². The van der Waals surface area contributed by atoms with Gasteiger partial charge in [-0.1, -0.05) is 6.92 Å². The number of ether oxygens (including phenoxy) is 1. The molecule has 1 rings (SSSR count). The van der Waals surface area contributed by atoms with Crippen LogP contribution in [0, 0.1) is 5.92 Å². The normalized spacial score (nSPS) is 25.0. The summed E-state index contributed by atoms with van der Waals surface area (Å²) in [5.41, 5.74) is 0. The van der Waals surface area contributed by atoms with Crippen LogP contribution in [0.2, 0.25) is 0 Å². The first kappa shape index (κ1) is 13.5. The van der Waals surface area contributed by atoms with Crippen molar-refractivity contribution in [3.05, 3.63) is 0 Å². The summed E-state index contributed by atoms with van der Waals surface area (Å²) < 4.78 is 5.23. The van der Waals surface area contributed by atoms with E-state index < -0.39 is 12.1 Å². The van der Waals surface area contributed by atoms with Gasteiger partial charge in [-0.3, -0.25) is 0 Å². The highest BCUT2D eigenvalue weighted by Crippen LogP contribution is 2.16. The van der Waals surface area contributed by atoms with E-state index in [0.29, 0.717) is 13.2 Å². The molecular formula is C12H23NO3. The molecule has 0 radical (unpaired) electrons. The van der Waals surface area contributed by atoms with Gasteiger partial charge in [0.05, 0.1) is 0 Å². The van der Waals surface area contributed by atoms with Crippen molar-refractivity contribution < 1.29 is 14.6 Å². The molecule has 0 bridgehead atoms. The number of hydrogen-bond acceptors (Lipinski definition) is 3. The molecule has 1 heterocycles. The second-order valence-electron chi connectivity index (χ2n) is 4.62. The van der Waals surface area contributed by atoms with Crippen molar-refractivity contribution in [3.8, 4) is 0 Å². The lowest BCUT2D eigenvalue weighted by molar-refractivity contribution is -0.151. The number of hydrogen-bond donors (Lipinski definition) is 1. The van der Waals surface area contributed by atoms with Gasteiger partial charge in [-0.25, -0.2) is 4.79 Å². The smallest absolute Gasteiger partial charge is 0.334 e. The lowest BCUT2D eigenvalue weighted by atomic mass is 10.0. The van der Waals surface area contributed by atoms with Gasteiger partial charge in [0.2, 0.25) is 0 Å². The number of carbonyl (C=O) groups is 1. The fraction of sp³-hybridized carbons (Fsp3) is 0.917. The van der Waals surface area contributed by atoms with E-state index in [-0.39, 0.29) is 0 Å². The second-order valence-corrected chi connectivity index (χ2v) is 4.62. The molecule has 0 aromatic carbocycles. The summed E-state index contributed by atoms with van der Waals surface area (Å²) >= 11 is 0. The first-order valence-electron chi connectivity index (χ1n) is 6.20. The summed E-state index contributed by atoms with van der Waals surface area (Å²) in [5, 5.41) is 9.01. The average Bonchev–Trinajstić information content (AvgIpc) is 2.43. The molecule has 2 atom stereocenters. The van der Waals surface area contributed by atoms with Crippen LogP contribution < -0.4 is 0 Å². The van der Waals surface area contributed by atoms with E-state index in [1.54, 1.807) is 0 Å². The molecule has 4 nitrogen and oxygen atoms in total. The number of carboxylic acids is 1. The molecule has 0 aliphatic carbocycles. The molecule has 2 unspecified atom stereocenters. The first-order chi connectivity index (χ1) is 7.63. The Bertz CT molecular complexity index is 220. The predicted octanol–water partition coefficient (Wildman–Crippen LogP) is 1.60. The Balaban J connectivity index is 2.40. The third-order valence-corrected chi connectivity index (χ3v) is 3.18. The van der Waals surface area contributed by atoms with E-state index in [4.69, 9.17) is 9.84 Å². The fourth-order valence-corrected chi connectivity index (χ4v) is 2.14. The summed E-state index contributed by atoms with van der Waals surface area (Å²) in [6.07, 6.45) is 2.92. The van der Waals surface area contributed by atoms with Crippen LogP contribution in [0.5, 0.6) is 0 Å². The van der Waals surface area contributed by atoms with Gasteiger partial charge >= 0.3 is 5.97 Å². The first-order valence-corrected chi connectivity index (χ1v) is 6.20. The Kier molecular flexibility index (Phi) is 5.77. The summed E-state index contributed by atoms with van der Waals surface area (Å²) in [4.78, 5) is 13.2. The molecule has 0 saturated carbocycles. The van der Waals surface area contributed by atoms with Crippen molar-refractivity contribution in [2.24, 2.45) is 5.92 Å². The van der Waals surface area contributed by atoms with Crippen LogP contribution in [0.25, 0.3) is 0 Å². The van der Waals surface area contributed by atoms with Crippen LogP contribution in [0.15, 0.2) is 0 Å². The average molecular weight is 229 g/mol. The minimum absolute atomic E-state index is 0.460. The SMILES string of the molecule is CCOC(CN1CCCC(C)CC1)C(=O)O. The van der Waals surface area contributed by atoms with Gasteiger partial charge < -0.3 is 14.7 Å². The Morgan fingerprint density at radius 1 is 1.50 bits per heavy atom. The molecule has 1 saturated heterocycles. The molecule has 16 heavy (non-hydrogen) atoms. The molecule has 0 amide bonds. The minimum atomic E-state index is -0.848. The zero-order valence-electron chi connectivity index (χ0n) is 10.3. The highest BCUT2D eigenvalue weighted by molar-refractivity contribution is 5.72. The number of nitrogens with zero attached hydrogens (tertiary/aromatic N) is 1. The van der Waals surface area contributed by atoms with Gasteiger partial charge in [-0.15, -0.1) is 0 Å². The zero-order chi connectivity index (χ0) is 12.0. The molecule has 1 fully saturated rings. The van der Waals surface area contributed by atoms with Crippen LogP contribution in [-0.2, 0) is 9.53 Å². The minimum Gasteiger partial charge on any atom is -0.479 e. The van der Waals surface area contributed by atoms with Gasteiger partial charge in [0.1, 0.15) is 0 Å². The molecule has 0 aromatic rings. The zero-order valence-corrected chi connectivity index (χ0v) is 10.3. The molecule has 0 spiro atoms. The van der Waals surface area contributed by atoms with Gasteiger partial charge in [-0.05, 0) is 45.2 Å². The van der Waals surface area contributed by atoms with Gasteiger partial charge in [0.15, 0.2) is 6.10 Å². The number of rotatable bonds is 5. The summed E-state index contributed by atoms with van der Waals surface area (Å²) in [6.45, 7) is 7.08. The van der Waals surface area contributed by atoms with Gasteiger partial charge in [0, 0.05) is 13.2 Å². The summed E-state index contributed by atoms with van der Waals surface area (Å²) in [7, 11) is 0. The van der Waals surface area contributed by atoms with Crippen molar-refractivity contribution >= 4 is 5.97 Å². The van der Waals surface area contributed by atoms with E-state index in [1.165, 1.54) is 19.3 Å². The topological polar surface area (TPSA) is 49.8 Å². The second kappa shape index (κ2) is 6.86. The van der Waals surface area contributed by atoms with E-state index in [2.05, 4.69) is 11.8 Å². The quantitative estimate of drug-likeness (QED) is 0.778. The number of carboxylic acid groups (broad SMARTS) is 1. The van der Waals surface area contributed by atoms with Crippen LogP contribution in [0.3, 0.4) is 0 Å². The largest absolute Gasteiger partial charge is 0.479 e. The Morgan fingerprint density at radius 2 is 2.25 bits per heavy atom. The van der Waals surface area contributed by atoms with Gasteiger partial charge in [-0.2, -0.15) is 0 Å². The van der Waals surface area contributed by atoms with Crippen LogP contribution >= 0.6 is 0 Å². The highest BCUT2D eigenvalue weighted by Gasteiger charge is 2.22. The number of aliphatic carboxylic acids is 1. The molecule has 1 aliphatic rings. The maximum atomic E-state index is 11.0. The van der Waals surface area contributed by atoms with Crippen LogP contribution in [0.4, 0.5) is 0 Å². The lowest BCUT2D eigenvalue weighted by Gasteiger charge is -2.23. The maximum Gasteiger partial charge on any atom is 0.334 e. The Hall–Kier alpha value is -0.610. The maximum absolute atomic E-state index is 11.0. The van der Waals surface area contributed by atoms with E-state index in [1.807, 2.05) is 6.92 Å². The Morgan fingerprint density at radius 3 is 2.88 bits per heavy atom. The predicted molar refractivity (Wildman–Crippen MR) is 62.5 cm³/mol. The lowest BCUT2D eigenvalue weighted by Crippen LogP contribution is -2.39. The van der Waals surface area contributed by atoms with Crippen molar-refractivity contribution in [3.63, 3.8) is 0 Å². The number of likely N-dealkylation sites (tertiary alicyclic amines) is 1. The van der Waals surface area contributed by atoms with Crippen molar-refractivity contribution in [1.29, 1.82) is 0 Å². The summed E-state index contributed by atoms with van der Waals surface area (Å²) in [6, 6.07) is 0. The molecule has 4 heteroatoms. The molecule has 0 aromatic heterocycles.